The third-order valence-corrected chi connectivity index (χ3v) is 5.19. The van der Waals surface area contributed by atoms with E-state index in [4.69, 9.17) is 11.6 Å². The van der Waals surface area contributed by atoms with E-state index < -0.39 is 17.7 Å². The van der Waals surface area contributed by atoms with E-state index in [-0.39, 0.29) is 12.0 Å². The SMILES string of the molecule is O=C(O)c1cc(Cl)ccc1Cc1cccc2c1C(=O)C(=O)N2Cc1ccccc1. The number of anilines is 1. The smallest absolute Gasteiger partial charge is 0.336 e. The van der Waals surface area contributed by atoms with Gasteiger partial charge >= 0.3 is 5.97 Å². The second-order valence-electron chi connectivity index (χ2n) is 6.80. The lowest BCUT2D eigenvalue weighted by Crippen LogP contribution is -2.29. The van der Waals surface area contributed by atoms with Gasteiger partial charge in [0.1, 0.15) is 0 Å². The number of rotatable bonds is 5. The average molecular weight is 406 g/mol. The minimum absolute atomic E-state index is 0.0769. The van der Waals surface area contributed by atoms with Gasteiger partial charge in [0, 0.05) is 5.02 Å². The van der Waals surface area contributed by atoms with E-state index in [2.05, 4.69) is 0 Å². The fraction of sp³-hybridized carbons (Fsp3) is 0.0870. The van der Waals surface area contributed by atoms with Crippen LogP contribution in [0.25, 0.3) is 0 Å². The number of Topliss-reactive ketones (excluding diaryl/α,β-unsaturated/α-hetero) is 1. The molecule has 144 valence electrons. The fourth-order valence-electron chi connectivity index (χ4n) is 3.59. The zero-order chi connectivity index (χ0) is 20.5. The van der Waals surface area contributed by atoms with Crippen LogP contribution in [0.4, 0.5) is 5.69 Å². The molecule has 6 heteroatoms. The van der Waals surface area contributed by atoms with E-state index in [0.29, 0.717) is 33.9 Å². The number of hydrogen-bond donors (Lipinski definition) is 1. The first-order chi connectivity index (χ1) is 14.0. The highest BCUT2D eigenvalue weighted by atomic mass is 35.5. The van der Waals surface area contributed by atoms with Crippen molar-refractivity contribution >= 4 is 34.9 Å². The van der Waals surface area contributed by atoms with Crippen molar-refractivity contribution in [3.8, 4) is 0 Å². The highest BCUT2D eigenvalue weighted by Gasteiger charge is 2.37. The number of halogens is 1. The molecule has 5 nitrogen and oxygen atoms in total. The third kappa shape index (κ3) is 3.52. The minimum atomic E-state index is -1.09. The van der Waals surface area contributed by atoms with Gasteiger partial charge < -0.3 is 10.0 Å². The maximum Gasteiger partial charge on any atom is 0.336 e. The van der Waals surface area contributed by atoms with Crippen LogP contribution in [0.2, 0.25) is 5.02 Å². The van der Waals surface area contributed by atoms with Crippen LogP contribution in [-0.2, 0) is 17.8 Å². The van der Waals surface area contributed by atoms with Gasteiger partial charge in [-0.05, 0) is 41.3 Å². The van der Waals surface area contributed by atoms with Crippen molar-refractivity contribution in [1.82, 2.24) is 0 Å². The van der Waals surface area contributed by atoms with Crippen molar-refractivity contribution in [2.45, 2.75) is 13.0 Å². The van der Waals surface area contributed by atoms with Crippen LogP contribution in [0.1, 0.15) is 37.4 Å². The molecule has 1 heterocycles. The maximum absolute atomic E-state index is 12.8. The summed E-state index contributed by atoms with van der Waals surface area (Å²) in [6.07, 6.45) is 0.209. The number of fused-ring (bicyclic) bond motifs is 1. The lowest BCUT2D eigenvalue weighted by atomic mass is 9.94. The van der Waals surface area contributed by atoms with Crippen molar-refractivity contribution in [2.75, 3.05) is 4.90 Å². The lowest BCUT2D eigenvalue weighted by Gasteiger charge is -2.17. The molecule has 4 rings (SSSR count). The first-order valence-corrected chi connectivity index (χ1v) is 9.37. The van der Waals surface area contributed by atoms with Gasteiger partial charge in [-0.2, -0.15) is 0 Å². The molecule has 1 amide bonds. The Morgan fingerprint density at radius 2 is 1.69 bits per heavy atom. The van der Waals surface area contributed by atoms with E-state index in [1.54, 1.807) is 30.3 Å². The highest BCUT2D eigenvalue weighted by Crippen LogP contribution is 2.34. The minimum Gasteiger partial charge on any atom is -0.478 e. The van der Waals surface area contributed by atoms with Crippen molar-refractivity contribution in [3.63, 3.8) is 0 Å². The molecule has 1 aliphatic rings. The van der Waals surface area contributed by atoms with Crippen LogP contribution in [0, 0.1) is 0 Å². The molecular weight excluding hydrogens is 390 g/mol. The van der Waals surface area contributed by atoms with E-state index in [1.807, 2.05) is 30.3 Å². The maximum atomic E-state index is 12.8. The van der Waals surface area contributed by atoms with Gasteiger partial charge in [-0.1, -0.05) is 60.1 Å². The van der Waals surface area contributed by atoms with Gasteiger partial charge in [-0.25, -0.2) is 4.79 Å². The summed E-state index contributed by atoms with van der Waals surface area (Å²) in [4.78, 5) is 38.5. The lowest BCUT2D eigenvalue weighted by molar-refractivity contribution is -0.114. The van der Waals surface area contributed by atoms with E-state index in [9.17, 15) is 19.5 Å². The first kappa shape index (κ1) is 18.9. The van der Waals surface area contributed by atoms with E-state index in [0.717, 1.165) is 5.56 Å². The summed E-state index contributed by atoms with van der Waals surface area (Å²) in [7, 11) is 0. The summed E-state index contributed by atoms with van der Waals surface area (Å²) in [5.74, 6) is -2.24. The predicted molar refractivity (Wildman–Crippen MR) is 110 cm³/mol. The molecular formula is C23H16ClNO4. The third-order valence-electron chi connectivity index (χ3n) is 4.95. The second-order valence-corrected chi connectivity index (χ2v) is 7.24. The number of benzene rings is 3. The topological polar surface area (TPSA) is 74.7 Å². The van der Waals surface area contributed by atoms with Crippen LogP contribution >= 0.6 is 11.6 Å². The number of carbonyl (C=O) groups is 3. The number of carbonyl (C=O) groups excluding carboxylic acids is 2. The molecule has 0 radical (unpaired) electrons. The molecule has 0 aromatic heterocycles. The normalized spacial score (nSPS) is 12.9. The number of ketones is 1. The van der Waals surface area contributed by atoms with Gasteiger partial charge in [0.15, 0.2) is 0 Å². The highest BCUT2D eigenvalue weighted by molar-refractivity contribution is 6.52. The number of aromatic carboxylic acids is 1. The molecule has 0 aliphatic carbocycles. The summed E-state index contributed by atoms with van der Waals surface area (Å²) in [5.41, 5.74) is 3.01. The van der Waals surface area contributed by atoms with Crippen LogP contribution < -0.4 is 4.90 Å². The Balaban J connectivity index is 1.74. The summed E-state index contributed by atoms with van der Waals surface area (Å²) >= 11 is 5.93. The Hall–Kier alpha value is -3.44. The molecule has 1 aliphatic heterocycles. The molecule has 0 saturated heterocycles. The Kier molecular flexibility index (Phi) is 4.91. The van der Waals surface area contributed by atoms with Crippen LogP contribution in [0.5, 0.6) is 0 Å². The van der Waals surface area contributed by atoms with Crippen molar-refractivity contribution in [1.29, 1.82) is 0 Å². The Morgan fingerprint density at radius 1 is 0.931 bits per heavy atom. The number of carboxylic acids is 1. The molecule has 0 fully saturated rings. The summed E-state index contributed by atoms with van der Waals surface area (Å²) < 4.78 is 0. The summed E-state index contributed by atoms with van der Waals surface area (Å²) in [5, 5.41) is 9.80. The van der Waals surface area contributed by atoms with Crippen molar-refractivity contribution in [3.05, 3.63) is 99.6 Å². The van der Waals surface area contributed by atoms with Crippen molar-refractivity contribution < 1.29 is 19.5 Å². The Bertz CT molecular complexity index is 1140. The molecule has 0 atom stereocenters. The van der Waals surface area contributed by atoms with E-state index in [1.165, 1.54) is 11.0 Å². The Morgan fingerprint density at radius 3 is 2.41 bits per heavy atom. The van der Waals surface area contributed by atoms with E-state index >= 15 is 0 Å². The van der Waals surface area contributed by atoms with Crippen LogP contribution in [0.15, 0.2) is 66.7 Å². The molecule has 1 N–H and O–H groups in total. The van der Waals surface area contributed by atoms with Gasteiger partial charge in [-0.15, -0.1) is 0 Å². The Labute approximate surface area is 172 Å². The monoisotopic (exact) mass is 405 g/mol. The molecule has 29 heavy (non-hydrogen) atoms. The number of nitrogens with zero attached hydrogens (tertiary/aromatic N) is 1. The number of carboxylic acid groups (broad SMARTS) is 1. The fourth-order valence-corrected chi connectivity index (χ4v) is 3.76. The molecule has 3 aromatic carbocycles. The van der Waals surface area contributed by atoms with Crippen LogP contribution in [0.3, 0.4) is 0 Å². The van der Waals surface area contributed by atoms with Gasteiger partial charge in [0.05, 0.1) is 23.4 Å². The van der Waals surface area contributed by atoms with Gasteiger partial charge in [-0.3, -0.25) is 9.59 Å². The average Bonchev–Trinajstić information content (AvgIpc) is 2.95. The second kappa shape index (κ2) is 7.53. The number of amides is 1. The molecule has 0 spiro atoms. The largest absolute Gasteiger partial charge is 0.478 e. The van der Waals surface area contributed by atoms with Crippen LogP contribution in [-0.4, -0.2) is 22.8 Å². The first-order valence-electron chi connectivity index (χ1n) is 8.99. The van der Waals surface area contributed by atoms with Gasteiger partial charge in [0.25, 0.3) is 11.7 Å². The quantitative estimate of drug-likeness (QED) is 0.640. The molecule has 0 saturated carbocycles. The standard InChI is InChI=1S/C23H16ClNO4/c24-17-10-9-15(18(12-17)23(28)29)11-16-7-4-8-19-20(16)21(26)22(27)25(19)13-14-5-2-1-3-6-14/h1-10,12H,11,13H2,(H,28,29). The van der Waals surface area contributed by atoms with Gasteiger partial charge in [0.2, 0.25) is 0 Å². The molecule has 0 unspecified atom stereocenters. The molecule has 3 aromatic rings. The predicted octanol–water partition coefficient (Wildman–Crippen LogP) is 4.36. The summed E-state index contributed by atoms with van der Waals surface area (Å²) in [6.45, 7) is 0.295. The van der Waals surface area contributed by atoms with Crippen molar-refractivity contribution in [2.24, 2.45) is 0 Å². The number of hydrogen-bond acceptors (Lipinski definition) is 3. The zero-order valence-electron chi connectivity index (χ0n) is 15.3. The summed E-state index contributed by atoms with van der Waals surface area (Å²) in [6, 6.07) is 19.3. The molecule has 0 bridgehead atoms. The zero-order valence-corrected chi connectivity index (χ0v) is 16.0.